The summed E-state index contributed by atoms with van der Waals surface area (Å²) in [5.41, 5.74) is 2.77. The van der Waals surface area contributed by atoms with Crippen LogP contribution in [-0.4, -0.2) is 44.5 Å². The molecule has 1 aliphatic rings. The Kier molecular flexibility index (Phi) is 7.82. The number of anilines is 1. The Labute approximate surface area is 204 Å². The molecule has 1 heterocycles. The maximum Gasteiger partial charge on any atom is 0.319 e. The molecule has 2 amide bonds. The number of hydrogen-bond donors (Lipinski definition) is 3. The number of halogens is 2. The highest BCUT2D eigenvalue weighted by Crippen LogP contribution is 2.27. The van der Waals surface area contributed by atoms with Gasteiger partial charge in [0.15, 0.2) is 6.19 Å². The summed E-state index contributed by atoms with van der Waals surface area (Å²) in [4.78, 5) is 13.9. The fourth-order valence-corrected chi connectivity index (χ4v) is 6.46. The van der Waals surface area contributed by atoms with Crippen LogP contribution in [0.4, 0.5) is 10.5 Å². The van der Waals surface area contributed by atoms with Crippen molar-refractivity contribution in [3.63, 3.8) is 0 Å². The molecule has 0 aliphatic carbocycles. The van der Waals surface area contributed by atoms with E-state index in [0.717, 1.165) is 11.1 Å². The molecule has 0 bridgehead atoms. The van der Waals surface area contributed by atoms with E-state index in [-0.39, 0.29) is 30.1 Å². The van der Waals surface area contributed by atoms with Crippen molar-refractivity contribution in [2.45, 2.75) is 37.2 Å². The third-order valence-electron chi connectivity index (χ3n) is 5.03. The molecule has 0 saturated carbocycles. The van der Waals surface area contributed by atoms with Gasteiger partial charge in [0.1, 0.15) is 0 Å². The van der Waals surface area contributed by atoms with Gasteiger partial charge in [0.2, 0.25) is 10.0 Å². The van der Waals surface area contributed by atoms with Crippen molar-refractivity contribution in [2.24, 2.45) is 0 Å². The van der Waals surface area contributed by atoms with Crippen molar-refractivity contribution in [1.82, 2.24) is 14.9 Å². The number of rotatable bonds is 6. The summed E-state index contributed by atoms with van der Waals surface area (Å²) < 4.78 is 29.5. The first kappa shape index (κ1) is 24.5. The van der Waals surface area contributed by atoms with Crippen LogP contribution in [0, 0.1) is 25.3 Å². The Hall–Kier alpha value is -2.13. The Morgan fingerprint density at radius 2 is 1.88 bits per heavy atom. The van der Waals surface area contributed by atoms with Gasteiger partial charge < -0.3 is 15.5 Å². The van der Waals surface area contributed by atoms with E-state index in [2.05, 4.69) is 53.4 Å². The Morgan fingerprint density at radius 3 is 2.53 bits per heavy atom. The number of nitriles is 1. The molecule has 2 aromatic rings. The highest BCUT2D eigenvalue weighted by atomic mass is 79.9. The second-order valence-electron chi connectivity index (χ2n) is 7.75. The van der Waals surface area contributed by atoms with Crippen LogP contribution in [0.2, 0.25) is 0 Å². The van der Waals surface area contributed by atoms with Gasteiger partial charge in [-0.1, -0.05) is 22.0 Å². The van der Waals surface area contributed by atoms with Crippen LogP contribution in [0.25, 0.3) is 0 Å². The lowest BCUT2D eigenvalue weighted by Gasteiger charge is -2.18. The van der Waals surface area contributed by atoms with Crippen molar-refractivity contribution < 1.29 is 13.2 Å². The van der Waals surface area contributed by atoms with Crippen LogP contribution in [-0.2, 0) is 10.0 Å². The van der Waals surface area contributed by atoms with Crippen LogP contribution in [0.3, 0.4) is 0 Å². The van der Waals surface area contributed by atoms with Gasteiger partial charge in [0.05, 0.1) is 10.9 Å². The van der Waals surface area contributed by atoms with Crippen molar-refractivity contribution in [2.75, 3.05) is 18.4 Å². The quantitative estimate of drug-likeness (QED) is 0.446. The second-order valence-corrected chi connectivity index (χ2v) is 11.2. The van der Waals surface area contributed by atoms with E-state index in [1.54, 1.807) is 12.1 Å². The summed E-state index contributed by atoms with van der Waals surface area (Å²) >= 11 is 6.56. The van der Waals surface area contributed by atoms with E-state index in [1.807, 2.05) is 32.0 Å². The van der Waals surface area contributed by atoms with Crippen molar-refractivity contribution in [3.05, 3.63) is 56.5 Å². The number of nitrogens with one attached hydrogen (secondary N) is 3. The molecule has 2 atom stereocenters. The molecule has 3 N–H and O–H groups in total. The number of carbonyl (C=O) groups excluding carboxylic acids is 1. The lowest BCUT2D eigenvalue weighted by molar-refractivity contribution is 0.248. The molecule has 2 aromatic carbocycles. The third-order valence-corrected chi connectivity index (χ3v) is 8.03. The number of aryl methyl sites for hydroxylation is 2. The number of carbonyl (C=O) groups is 1. The Morgan fingerprint density at radius 1 is 1.19 bits per heavy atom. The average Bonchev–Trinajstić information content (AvgIpc) is 3.08. The van der Waals surface area contributed by atoms with Gasteiger partial charge >= 0.3 is 6.03 Å². The van der Waals surface area contributed by atoms with Crippen LogP contribution in [0.1, 0.15) is 17.5 Å². The molecule has 0 spiro atoms. The van der Waals surface area contributed by atoms with Gasteiger partial charge in [-0.15, -0.1) is 0 Å². The minimum Gasteiger partial charge on any atom is -0.336 e. The van der Waals surface area contributed by atoms with E-state index in [1.165, 1.54) is 11.0 Å². The topological polar surface area (TPSA) is 114 Å². The molecule has 0 unspecified atom stereocenters. The Balaban J connectivity index is 1.60. The largest absolute Gasteiger partial charge is 0.336 e. The van der Waals surface area contributed by atoms with Crippen LogP contribution >= 0.6 is 31.9 Å². The van der Waals surface area contributed by atoms with E-state index in [9.17, 15) is 18.5 Å². The van der Waals surface area contributed by atoms with Crippen molar-refractivity contribution >= 4 is 53.6 Å². The van der Waals surface area contributed by atoms with Crippen molar-refractivity contribution in [3.8, 4) is 6.19 Å². The summed E-state index contributed by atoms with van der Waals surface area (Å²) in [5.74, 6) is 0. The van der Waals surface area contributed by atoms with Gasteiger partial charge in [-0.3, -0.25) is 0 Å². The predicted molar refractivity (Wildman–Crippen MR) is 130 cm³/mol. The van der Waals surface area contributed by atoms with E-state index < -0.39 is 16.1 Å². The molecule has 1 saturated heterocycles. The smallest absolute Gasteiger partial charge is 0.319 e. The number of urea groups is 1. The van der Waals surface area contributed by atoms with Crippen molar-refractivity contribution in [1.29, 1.82) is 5.26 Å². The van der Waals surface area contributed by atoms with Gasteiger partial charge in [-0.05, 0) is 77.7 Å². The summed E-state index contributed by atoms with van der Waals surface area (Å²) in [6, 6.07) is 9.50. The molecule has 11 heteroatoms. The van der Waals surface area contributed by atoms with Gasteiger partial charge in [0.25, 0.3) is 0 Å². The van der Waals surface area contributed by atoms with E-state index in [4.69, 9.17) is 0 Å². The lowest BCUT2D eigenvalue weighted by Crippen LogP contribution is -2.39. The lowest BCUT2D eigenvalue weighted by atomic mass is 10.1. The van der Waals surface area contributed by atoms with E-state index >= 15 is 0 Å². The standard InChI is InChI=1S/C21H23Br2N5O3S/c1-13-5-14(2)7-16(6-13)26-21(29)25-10-18-9-17(11-28(18)12-24)27-32(30,31)20-8-15(22)3-4-19(20)23/h3-8,17-18,27H,9-11H2,1-2H3,(H2,25,26,29)/t17-,18-/m1/s1. The molecular weight excluding hydrogens is 562 g/mol. The molecule has 32 heavy (non-hydrogen) atoms. The van der Waals surface area contributed by atoms with Crippen LogP contribution < -0.4 is 15.4 Å². The van der Waals surface area contributed by atoms with Crippen LogP contribution in [0.15, 0.2) is 50.2 Å². The molecular formula is C21H23Br2N5O3S. The monoisotopic (exact) mass is 583 g/mol. The highest BCUT2D eigenvalue weighted by molar-refractivity contribution is 9.11. The SMILES string of the molecule is Cc1cc(C)cc(NC(=O)NC[C@H]2C[C@@H](NS(=O)(=O)c3cc(Br)ccc3Br)CN2C#N)c1. The maximum atomic E-state index is 12.8. The summed E-state index contributed by atoms with van der Waals surface area (Å²) in [7, 11) is -3.79. The number of hydrogen-bond acceptors (Lipinski definition) is 5. The first-order valence-corrected chi connectivity index (χ1v) is 12.9. The minimum absolute atomic E-state index is 0.116. The molecule has 0 aromatic heterocycles. The Bertz CT molecular complexity index is 1150. The maximum absolute atomic E-state index is 12.8. The molecule has 170 valence electrons. The molecule has 1 aliphatic heterocycles. The number of benzene rings is 2. The normalized spacial score (nSPS) is 18.3. The van der Waals surface area contributed by atoms with Gasteiger partial charge in [0, 0.05) is 33.8 Å². The van der Waals surface area contributed by atoms with Gasteiger partial charge in [-0.25, -0.2) is 17.9 Å². The molecule has 1 fully saturated rings. The second kappa shape index (κ2) is 10.2. The molecule has 3 rings (SSSR count). The average molecular weight is 585 g/mol. The first-order chi connectivity index (χ1) is 15.1. The molecule has 0 radical (unpaired) electrons. The molecule has 8 nitrogen and oxygen atoms in total. The number of nitrogens with zero attached hydrogens (tertiary/aromatic N) is 2. The zero-order valence-electron chi connectivity index (χ0n) is 17.5. The third kappa shape index (κ3) is 6.22. The van der Waals surface area contributed by atoms with Crippen LogP contribution in [0.5, 0.6) is 0 Å². The summed E-state index contributed by atoms with van der Waals surface area (Å²) in [6.45, 7) is 4.34. The minimum atomic E-state index is -3.79. The number of amides is 2. The van der Waals surface area contributed by atoms with E-state index in [0.29, 0.717) is 21.1 Å². The fraction of sp³-hybridized carbons (Fsp3) is 0.333. The zero-order valence-corrected chi connectivity index (χ0v) is 21.5. The number of likely N-dealkylation sites (tertiary alicyclic amines) is 1. The summed E-state index contributed by atoms with van der Waals surface area (Å²) in [5, 5.41) is 15.0. The number of sulfonamides is 1. The van der Waals surface area contributed by atoms with Gasteiger partial charge in [-0.2, -0.15) is 5.26 Å². The highest BCUT2D eigenvalue weighted by Gasteiger charge is 2.35. The summed E-state index contributed by atoms with van der Waals surface area (Å²) in [6.07, 6.45) is 2.48. The first-order valence-electron chi connectivity index (χ1n) is 9.84. The zero-order chi connectivity index (χ0) is 23.5. The fourth-order valence-electron chi connectivity index (χ4n) is 3.72. The predicted octanol–water partition coefficient (Wildman–Crippen LogP) is 3.85.